The van der Waals surface area contributed by atoms with E-state index in [-0.39, 0.29) is 39.9 Å². The molecule has 202 valence electrons. The number of allylic oxidation sites excluding steroid dienone is 2. The molecule has 0 radical (unpaired) electrons. The molecule has 0 aliphatic heterocycles. The van der Waals surface area contributed by atoms with Crippen molar-refractivity contribution in [1.29, 1.82) is 0 Å². The Morgan fingerprint density at radius 1 is 1.22 bits per heavy atom. The molecule has 1 fully saturated rings. The van der Waals surface area contributed by atoms with Crippen LogP contribution in [0, 0.1) is 42.9 Å². The van der Waals surface area contributed by atoms with E-state index in [1.54, 1.807) is 19.9 Å². The molecule has 37 heavy (non-hydrogen) atoms. The summed E-state index contributed by atoms with van der Waals surface area (Å²) in [6.45, 7) is 10.6. The standard InChI is InChI=1S/C29H38O8/c1-14-7-8-15(2)26(37-27(34)23-16(3)10-22(32)36-17(23)4)29(35)12-21(31)19(11-18(13-30)25(29)33)24-20(9-14)28(24,5)6/h8,10-11,14,19-20,24-26,30,33,35H,7,9,12-13H2,1-6H3/b15-8-/t14-,19+,20+,24-,25+,26-,29-/m0/s1. The molecule has 3 N–H and O–H groups in total. The summed E-state index contributed by atoms with van der Waals surface area (Å²) >= 11 is 0. The number of aliphatic hydroxyl groups excluding tert-OH is 2. The van der Waals surface area contributed by atoms with Crippen LogP contribution in [0.3, 0.4) is 0 Å². The molecule has 3 aliphatic carbocycles. The van der Waals surface area contributed by atoms with Gasteiger partial charge in [-0.3, -0.25) is 4.79 Å². The summed E-state index contributed by atoms with van der Waals surface area (Å²) < 4.78 is 11.0. The predicted octanol–water partition coefficient (Wildman–Crippen LogP) is 3.03. The first-order valence-electron chi connectivity index (χ1n) is 13.0. The van der Waals surface area contributed by atoms with Crippen molar-refractivity contribution in [3.05, 3.63) is 56.7 Å². The Kier molecular flexibility index (Phi) is 7.16. The number of aliphatic hydroxyl groups is 3. The van der Waals surface area contributed by atoms with Crippen LogP contribution in [0.2, 0.25) is 0 Å². The van der Waals surface area contributed by atoms with E-state index < -0.39 is 48.3 Å². The van der Waals surface area contributed by atoms with Crippen molar-refractivity contribution >= 4 is 11.8 Å². The van der Waals surface area contributed by atoms with E-state index in [0.717, 1.165) is 6.42 Å². The van der Waals surface area contributed by atoms with Gasteiger partial charge in [-0.15, -0.1) is 0 Å². The Morgan fingerprint density at radius 3 is 2.51 bits per heavy atom. The van der Waals surface area contributed by atoms with E-state index in [4.69, 9.17) is 9.15 Å². The third kappa shape index (κ3) is 4.75. The molecule has 0 unspecified atom stereocenters. The minimum absolute atomic E-state index is 0.0292. The Bertz CT molecular complexity index is 1190. The van der Waals surface area contributed by atoms with Crippen LogP contribution in [0.5, 0.6) is 0 Å². The normalized spacial score (nSPS) is 36.7. The Balaban J connectivity index is 1.83. The van der Waals surface area contributed by atoms with Crippen LogP contribution in [-0.2, 0) is 9.53 Å². The van der Waals surface area contributed by atoms with Gasteiger partial charge in [0.1, 0.15) is 28.8 Å². The van der Waals surface area contributed by atoms with E-state index in [0.29, 0.717) is 23.5 Å². The van der Waals surface area contributed by atoms with Crippen LogP contribution in [0.4, 0.5) is 0 Å². The number of hydrogen-bond acceptors (Lipinski definition) is 8. The highest BCUT2D eigenvalue weighted by molar-refractivity contribution is 5.92. The number of hydrogen-bond donors (Lipinski definition) is 3. The first kappa shape index (κ1) is 27.5. The zero-order chi connectivity index (χ0) is 27.4. The van der Waals surface area contributed by atoms with Gasteiger partial charge in [-0.05, 0) is 73.5 Å². The summed E-state index contributed by atoms with van der Waals surface area (Å²) in [7, 11) is 0. The highest BCUT2D eigenvalue weighted by Crippen LogP contribution is 2.65. The van der Waals surface area contributed by atoms with Gasteiger partial charge in [0, 0.05) is 18.4 Å². The van der Waals surface area contributed by atoms with E-state index in [9.17, 15) is 29.7 Å². The largest absolute Gasteiger partial charge is 0.451 e. The number of ether oxygens (including phenoxy) is 1. The van der Waals surface area contributed by atoms with Crippen molar-refractivity contribution in [3.8, 4) is 0 Å². The van der Waals surface area contributed by atoms with Crippen LogP contribution in [0.25, 0.3) is 0 Å². The third-order valence-corrected chi connectivity index (χ3v) is 8.89. The molecule has 0 amide bonds. The van der Waals surface area contributed by atoms with Gasteiger partial charge in [-0.1, -0.05) is 32.9 Å². The SMILES string of the molecule is C/C1=C/C[C@H](C)C[C@@H]2[C@H]([C@@H]3C=C(CO)[C@@H](O)[C@@](O)(CC3=O)[C@H]1OC(=O)c1c(C)cc(=O)oc1C)C2(C)C. The number of carbonyl (C=O) groups is 2. The molecule has 1 heterocycles. The van der Waals surface area contributed by atoms with Gasteiger partial charge in [-0.2, -0.15) is 0 Å². The number of aryl methyl sites for hydroxylation is 2. The van der Waals surface area contributed by atoms with Gasteiger partial charge in [0.25, 0.3) is 0 Å². The van der Waals surface area contributed by atoms with Crippen LogP contribution >= 0.6 is 0 Å². The molecule has 3 aliphatic rings. The first-order valence-corrected chi connectivity index (χ1v) is 13.0. The lowest BCUT2D eigenvalue weighted by Crippen LogP contribution is -2.56. The fourth-order valence-corrected chi connectivity index (χ4v) is 6.70. The summed E-state index contributed by atoms with van der Waals surface area (Å²) in [6.07, 6.45) is 1.63. The fourth-order valence-electron chi connectivity index (χ4n) is 6.70. The zero-order valence-corrected chi connectivity index (χ0v) is 22.4. The topological polar surface area (TPSA) is 134 Å². The molecule has 1 aromatic heterocycles. The molecule has 0 aromatic carbocycles. The van der Waals surface area contributed by atoms with E-state index in [1.165, 1.54) is 13.0 Å². The second kappa shape index (κ2) is 9.64. The van der Waals surface area contributed by atoms with Crippen molar-refractivity contribution in [2.75, 3.05) is 6.61 Å². The van der Waals surface area contributed by atoms with Gasteiger partial charge in [0.2, 0.25) is 0 Å². The quantitative estimate of drug-likeness (QED) is 0.414. The van der Waals surface area contributed by atoms with E-state index >= 15 is 0 Å². The number of fused-ring (bicyclic) bond motifs is 5. The van der Waals surface area contributed by atoms with Gasteiger partial charge < -0.3 is 24.5 Å². The van der Waals surface area contributed by atoms with Gasteiger partial charge in [0.05, 0.1) is 6.61 Å². The highest BCUT2D eigenvalue weighted by atomic mass is 16.6. The molecule has 7 atom stereocenters. The molecular formula is C29H38O8. The van der Waals surface area contributed by atoms with Gasteiger partial charge in [-0.25, -0.2) is 9.59 Å². The van der Waals surface area contributed by atoms with Gasteiger partial charge in [0.15, 0.2) is 6.10 Å². The second-order valence-corrected chi connectivity index (χ2v) is 11.9. The summed E-state index contributed by atoms with van der Waals surface area (Å²) in [5.74, 6) is -0.984. The Morgan fingerprint density at radius 2 is 1.89 bits per heavy atom. The molecule has 0 saturated heterocycles. The maximum absolute atomic E-state index is 13.7. The summed E-state index contributed by atoms with van der Waals surface area (Å²) in [5, 5.41) is 33.5. The van der Waals surface area contributed by atoms with Crippen LogP contribution in [0.1, 0.15) is 68.6 Å². The van der Waals surface area contributed by atoms with Crippen molar-refractivity contribution in [3.63, 3.8) is 0 Å². The number of rotatable bonds is 3. The summed E-state index contributed by atoms with van der Waals surface area (Å²) in [6, 6.07) is 1.18. The molecule has 0 spiro atoms. The predicted molar refractivity (Wildman–Crippen MR) is 136 cm³/mol. The van der Waals surface area contributed by atoms with Crippen molar-refractivity contribution in [2.24, 2.45) is 29.1 Å². The average Bonchev–Trinajstić information content (AvgIpc) is 3.35. The molecular weight excluding hydrogens is 476 g/mol. The van der Waals surface area contributed by atoms with Crippen molar-refractivity contribution < 1.29 is 34.1 Å². The molecule has 4 rings (SSSR count). The molecule has 8 nitrogen and oxygen atoms in total. The molecule has 1 aromatic rings. The van der Waals surface area contributed by atoms with Crippen LogP contribution < -0.4 is 5.63 Å². The monoisotopic (exact) mass is 514 g/mol. The fraction of sp³-hybridized carbons (Fsp3) is 0.621. The lowest BCUT2D eigenvalue weighted by molar-refractivity contribution is -0.148. The van der Waals surface area contributed by atoms with Crippen molar-refractivity contribution in [2.45, 2.75) is 78.6 Å². The number of ketones is 1. The minimum Gasteiger partial charge on any atom is -0.451 e. The highest BCUT2D eigenvalue weighted by Gasteiger charge is 2.63. The maximum atomic E-state index is 13.7. The molecule has 1 saturated carbocycles. The Hall–Kier alpha value is -2.55. The zero-order valence-electron chi connectivity index (χ0n) is 22.4. The number of esters is 1. The van der Waals surface area contributed by atoms with Gasteiger partial charge >= 0.3 is 11.6 Å². The number of carbonyl (C=O) groups excluding carboxylic acids is 2. The lowest BCUT2D eigenvalue weighted by Gasteiger charge is -2.39. The number of Topliss-reactive ketones (excluding diaryl/α,β-unsaturated/α-hetero) is 1. The lowest BCUT2D eigenvalue weighted by atomic mass is 9.79. The Labute approximate surface area is 217 Å². The first-order chi connectivity index (χ1) is 17.2. The summed E-state index contributed by atoms with van der Waals surface area (Å²) in [5.41, 5.74) is -1.87. The van der Waals surface area contributed by atoms with Crippen LogP contribution in [-0.4, -0.2) is 51.5 Å². The average molecular weight is 515 g/mol. The minimum atomic E-state index is -2.20. The van der Waals surface area contributed by atoms with E-state index in [1.807, 2.05) is 6.08 Å². The van der Waals surface area contributed by atoms with E-state index in [2.05, 4.69) is 20.8 Å². The molecule has 8 heteroatoms. The second-order valence-electron chi connectivity index (χ2n) is 11.9. The summed E-state index contributed by atoms with van der Waals surface area (Å²) in [4.78, 5) is 38.8. The smallest absolute Gasteiger partial charge is 0.342 e. The van der Waals surface area contributed by atoms with Crippen LogP contribution in [0.15, 0.2) is 38.6 Å². The maximum Gasteiger partial charge on any atom is 0.342 e. The third-order valence-electron chi connectivity index (χ3n) is 8.89. The molecule has 2 bridgehead atoms. The van der Waals surface area contributed by atoms with Crippen molar-refractivity contribution in [1.82, 2.24) is 0 Å².